The van der Waals surface area contributed by atoms with Crippen LogP contribution < -0.4 is 5.32 Å². The summed E-state index contributed by atoms with van der Waals surface area (Å²) >= 11 is 0. The fourth-order valence-electron chi connectivity index (χ4n) is 2.08. The largest absolute Gasteiger partial charge is 0.480 e. The molecule has 1 saturated heterocycles. The lowest BCUT2D eigenvalue weighted by Crippen LogP contribution is -2.55. The van der Waals surface area contributed by atoms with Crippen molar-refractivity contribution in [3.8, 4) is 0 Å². The van der Waals surface area contributed by atoms with Gasteiger partial charge in [-0.25, -0.2) is 4.79 Å². The summed E-state index contributed by atoms with van der Waals surface area (Å²) in [4.78, 5) is 26.4. The van der Waals surface area contributed by atoms with Crippen molar-refractivity contribution >= 4 is 12.0 Å². The van der Waals surface area contributed by atoms with E-state index in [1.54, 1.807) is 17.9 Å². The molecule has 2 amide bonds. The van der Waals surface area contributed by atoms with E-state index in [1.165, 1.54) is 0 Å². The van der Waals surface area contributed by atoms with Crippen molar-refractivity contribution in [2.24, 2.45) is 0 Å². The molecule has 2 N–H and O–H groups in total. The molecule has 6 nitrogen and oxygen atoms in total. The van der Waals surface area contributed by atoms with Gasteiger partial charge in [0.2, 0.25) is 0 Å². The van der Waals surface area contributed by atoms with E-state index in [2.05, 4.69) is 11.9 Å². The van der Waals surface area contributed by atoms with E-state index in [4.69, 9.17) is 5.11 Å². The predicted molar refractivity (Wildman–Crippen MR) is 73.1 cm³/mol. The molecule has 0 saturated carbocycles. The Morgan fingerprint density at radius 1 is 1.32 bits per heavy atom. The molecule has 19 heavy (non-hydrogen) atoms. The predicted octanol–water partition coefficient (Wildman–Crippen LogP) is 0.751. The topological polar surface area (TPSA) is 72.9 Å². The normalized spacial score (nSPS) is 19.6. The second kappa shape index (κ2) is 7.13. The molecule has 2 unspecified atom stereocenters. The third-order valence-electron chi connectivity index (χ3n) is 3.40. The summed E-state index contributed by atoms with van der Waals surface area (Å²) in [6, 6.07) is -0.511. The van der Waals surface area contributed by atoms with Gasteiger partial charge in [-0.3, -0.25) is 9.69 Å². The number of nitrogens with zero attached hydrogens (tertiary/aromatic N) is 2. The van der Waals surface area contributed by atoms with Crippen molar-refractivity contribution < 1.29 is 14.7 Å². The van der Waals surface area contributed by atoms with Gasteiger partial charge in [0.15, 0.2) is 0 Å². The van der Waals surface area contributed by atoms with Crippen molar-refractivity contribution in [2.45, 2.75) is 32.4 Å². The van der Waals surface area contributed by atoms with Crippen LogP contribution in [0.25, 0.3) is 0 Å². The molecule has 0 bridgehead atoms. The third kappa shape index (κ3) is 4.55. The van der Waals surface area contributed by atoms with Gasteiger partial charge in [-0.15, -0.1) is 6.58 Å². The maximum atomic E-state index is 11.9. The first-order valence-electron chi connectivity index (χ1n) is 6.59. The highest BCUT2D eigenvalue weighted by Crippen LogP contribution is 2.07. The molecule has 0 radical (unpaired) electrons. The molecule has 1 fully saturated rings. The summed E-state index contributed by atoms with van der Waals surface area (Å²) in [6.07, 6.45) is 2.51. The van der Waals surface area contributed by atoms with Crippen LogP contribution in [0.5, 0.6) is 0 Å². The molecule has 6 heteroatoms. The Labute approximate surface area is 114 Å². The summed E-state index contributed by atoms with van der Waals surface area (Å²) < 4.78 is 0. The lowest BCUT2D eigenvalue weighted by molar-refractivity contribution is -0.143. The SMILES string of the molecule is C=CCC(C)NC(=O)N1CCN(C(C)C(=O)O)CC1. The van der Waals surface area contributed by atoms with Gasteiger partial charge in [0, 0.05) is 32.2 Å². The van der Waals surface area contributed by atoms with Gasteiger partial charge in [-0.05, 0) is 20.3 Å². The number of carbonyl (C=O) groups excluding carboxylic acids is 1. The number of amides is 2. The second-order valence-corrected chi connectivity index (χ2v) is 4.91. The van der Waals surface area contributed by atoms with E-state index in [9.17, 15) is 9.59 Å². The fraction of sp³-hybridized carbons (Fsp3) is 0.692. The van der Waals surface area contributed by atoms with E-state index in [0.717, 1.165) is 6.42 Å². The first-order chi connectivity index (χ1) is 8.95. The molecule has 1 heterocycles. The standard InChI is InChI=1S/C13H23N3O3/c1-4-5-10(2)14-13(19)16-8-6-15(7-9-16)11(3)12(17)18/h4,10-11H,1,5-9H2,2-3H3,(H,14,19)(H,17,18). The van der Waals surface area contributed by atoms with Gasteiger partial charge in [0.05, 0.1) is 0 Å². The number of hydrogen-bond donors (Lipinski definition) is 2. The van der Waals surface area contributed by atoms with Gasteiger partial charge < -0.3 is 15.3 Å². The fourth-order valence-corrected chi connectivity index (χ4v) is 2.08. The average Bonchev–Trinajstić information content (AvgIpc) is 2.38. The van der Waals surface area contributed by atoms with Crippen molar-refractivity contribution in [1.82, 2.24) is 15.1 Å². The Kier molecular flexibility index (Phi) is 5.82. The maximum absolute atomic E-state index is 11.9. The lowest BCUT2D eigenvalue weighted by Gasteiger charge is -2.36. The second-order valence-electron chi connectivity index (χ2n) is 4.91. The number of urea groups is 1. The first kappa shape index (κ1) is 15.5. The number of carboxylic acids is 1. The Bertz CT molecular complexity index is 338. The average molecular weight is 269 g/mol. The Balaban J connectivity index is 2.39. The summed E-state index contributed by atoms with van der Waals surface area (Å²) in [5.74, 6) is -0.822. The monoisotopic (exact) mass is 269 g/mol. The van der Waals surface area contributed by atoms with Crippen LogP contribution in [0.4, 0.5) is 4.79 Å². The minimum absolute atomic E-state index is 0.0703. The van der Waals surface area contributed by atoms with E-state index in [0.29, 0.717) is 26.2 Å². The Morgan fingerprint density at radius 3 is 2.37 bits per heavy atom. The minimum atomic E-state index is -0.822. The number of nitrogens with one attached hydrogen (secondary N) is 1. The van der Waals surface area contributed by atoms with E-state index in [-0.39, 0.29) is 12.1 Å². The third-order valence-corrected chi connectivity index (χ3v) is 3.40. The summed E-state index contributed by atoms with van der Waals surface area (Å²) in [5, 5.41) is 11.8. The van der Waals surface area contributed by atoms with Crippen molar-refractivity contribution in [3.05, 3.63) is 12.7 Å². The lowest BCUT2D eigenvalue weighted by atomic mass is 10.2. The molecular weight excluding hydrogens is 246 g/mol. The number of carboxylic acid groups (broad SMARTS) is 1. The van der Waals surface area contributed by atoms with Crippen molar-refractivity contribution in [1.29, 1.82) is 0 Å². The maximum Gasteiger partial charge on any atom is 0.320 e. The van der Waals surface area contributed by atoms with Gasteiger partial charge in [0.25, 0.3) is 0 Å². The molecule has 1 rings (SSSR count). The Morgan fingerprint density at radius 2 is 1.89 bits per heavy atom. The molecule has 1 aliphatic rings. The Hall–Kier alpha value is -1.56. The molecule has 1 aliphatic heterocycles. The van der Waals surface area contributed by atoms with E-state index < -0.39 is 12.0 Å². The molecule has 0 spiro atoms. The zero-order valence-electron chi connectivity index (χ0n) is 11.6. The van der Waals surface area contributed by atoms with Crippen LogP contribution in [-0.4, -0.2) is 65.2 Å². The van der Waals surface area contributed by atoms with Crippen LogP contribution in [0, 0.1) is 0 Å². The highest BCUT2D eigenvalue weighted by molar-refractivity contribution is 5.75. The van der Waals surface area contributed by atoms with Crippen molar-refractivity contribution in [3.63, 3.8) is 0 Å². The summed E-state index contributed by atoms with van der Waals surface area (Å²) in [7, 11) is 0. The zero-order valence-corrected chi connectivity index (χ0v) is 11.6. The number of aliphatic carboxylic acids is 1. The summed E-state index contributed by atoms with van der Waals surface area (Å²) in [5.41, 5.74) is 0. The molecule has 108 valence electrons. The molecule has 0 aromatic heterocycles. The first-order valence-corrected chi connectivity index (χ1v) is 6.59. The van der Waals surface area contributed by atoms with E-state index >= 15 is 0 Å². The molecule has 0 aliphatic carbocycles. The van der Waals surface area contributed by atoms with Gasteiger partial charge >= 0.3 is 12.0 Å². The summed E-state index contributed by atoms with van der Waals surface area (Å²) in [6.45, 7) is 9.55. The number of piperazine rings is 1. The van der Waals surface area contributed by atoms with Crippen molar-refractivity contribution in [2.75, 3.05) is 26.2 Å². The number of rotatable bonds is 5. The van der Waals surface area contributed by atoms with Crippen LogP contribution >= 0.6 is 0 Å². The molecular formula is C13H23N3O3. The van der Waals surface area contributed by atoms with Crippen LogP contribution in [0.2, 0.25) is 0 Å². The highest BCUT2D eigenvalue weighted by atomic mass is 16.4. The van der Waals surface area contributed by atoms with Crippen LogP contribution in [0.3, 0.4) is 0 Å². The quantitative estimate of drug-likeness (QED) is 0.722. The van der Waals surface area contributed by atoms with E-state index in [1.807, 2.05) is 11.8 Å². The zero-order chi connectivity index (χ0) is 14.4. The molecule has 0 aromatic carbocycles. The highest BCUT2D eigenvalue weighted by Gasteiger charge is 2.27. The van der Waals surface area contributed by atoms with Gasteiger partial charge in [-0.1, -0.05) is 6.08 Å². The number of hydrogen-bond acceptors (Lipinski definition) is 3. The smallest absolute Gasteiger partial charge is 0.320 e. The van der Waals surface area contributed by atoms with Crippen LogP contribution in [-0.2, 0) is 4.79 Å². The molecule has 0 aromatic rings. The van der Waals surface area contributed by atoms with Crippen LogP contribution in [0.1, 0.15) is 20.3 Å². The van der Waals surface area contributed by atoms with Gasteiger partial charge in [-0.2, -0.15) is 0 Å². The molecule has 2 atom stereocenters. The minimum Gasteiger partial charge on any atom is -0.480 e. The number of carbonyl (C=O) groups is 2. The van der Waals surface area contributed by atoms with Gasteiger partial charge in [0.1, 0.15) is 6.04 Å². The van der Waals surface area contributed by atoms with Crippen LogP contribution in [0.15, 0.2) is 12.7 Å².